The molecule has 0 saturated carbocycles. The maximum Gasteiger partial charge on any atom is 0.0964 e. The van der Waals surface area contributed by atoms with E-state index >= 15 is 0 Å². The van der Waals surface area contributed by atoms with Gasteiger partial charge < -0.3 is 4.74 Å². The molecule has 1 saturated heterocycles. The van der Waals surface area contributed by atoms with Crippen LogP contribution >= 0.6 is 11.3 Å². The van der Waals surface area contributed by atoms with Gasteiger partial charge in [0.05, 0.1) is 24.1 Å². The van der Waals surface area contributed by atoms with Gasteiger partial charge in [0.15, 0.2) is 0 Å². The molecule has 1 N–H and O–H groups in total. The summed E-state index contributed by atoms with van der Waals surface area (Å²) >= 11 is 1.73. The van der Waals surface area contributed by atoms with Crippen LogP contribution < -0.4 is 0 Å². The number of hydrogen-bond acceptors (Lipinski definition) is 4. The number of ether oxygens (including phenoxy) is 1. The van der Waals surface area contributed by atoms with Gasteiger partial charge in [-0.1, -0.05) is 23.8 Å². The first kappa shape index (κ1) is 16.5. The van der Waals surface area contributed by atoms with Crippen molar-refractivity contribution in [2.45, 2.75) is 32.6 Å². The molecule has 1 aromatic carbocycles. The van der Waals surface area contributed by atoms with Gasteiger partial charge in [0, 0.05) is 30.8 Å². The van der Waals surface area contributed by atoms with Gasteiger partial charge in [0.1, 0.15) is 0 Å². The SMILES string of the molecule is Cc1cccc(-c2[nH]ncc2CN2CC(C)OC(c3ccsc3)C2)c1. The van der Waals surface area contributed by atoms with Crippen molar-refractivity contribution in [1.82, 2.24) is 15.1 Å². The zero-order valence-electron chi connectivity index (χ0n) is 14.6. The number of aromatic nitrogens is 2. The van der Waals surface area contributed by atoms with Crippen molar-refractivity contribution in [3.63, 3.8) is 0 Å². The van der Waals surface area contributed by atoms with E-state index < -0.39 is 0 Å². The van der Waals surface area contributed by atoms with E-state index in [4.69, 9.17) is 4.74 Å². The molecule has 5 heteroatoms. The van der Waals surface area contributed by atoms with E-state index in [0.717, 1.165) is 25.3 Å². The summed E-state index contributed by atoms with van der Waals surface area (Å²) in [4.78, 5) is 2.47. The van der Waals surface area contributed by atoms with Gasteiger partial charge in [-0.25, -0.2) is 0 Å². The number of aromatic amines is 1. The molecule has 2 unspecified atom stereocenters. The van der Waals surface area contributed by atoms with Gasteiger partial charge in [0.25, 0.3) is 0 Å². The van der Waals surface area contributed by atoms with Crippen molar-refractivity contribution in [2.24, 2.45) is 0 Å². The molecule has 3 heterocycles. The molecule has 1 aliphatic rings. The molecule has 2 aromatic heterocycles. The Hall–Kier alpha value is -1.95. The molecule has 1 aliphatic heterocycles. The topological polar surface area (TPSA) is 41.2 Å². The Labute approximate surface area is 152 Å². The predicted octanol–water partition coefficient (Wildman–Crippen LogP) is 4.41. The van der Waals surface area contributed by atoms with Gasteiger partial charge in [-0.15, -0.1) is 0 Å². The number of nitrogens with zero attached hydrogens (tertiary/aromatic N) is 2. The number of benzene rings is 1. The van der Waals surface area contributed by atoms with Crippen molar-refractivity contribution in [3.05, 3.63) is 64.0 Å². The largest absolute Gasteiger partial charge is 0.368 e. The van der Waals surface area contributed by atoms with Gasteiger partial charge >= 0.3 is 0 Å². The third kappa shape index (κ3) is 3.68. The number of rotatable bonds is 4. The van der Waals surface area contributed by atoms with E-state index in [0.29, 0.717) is 0 Å². The Morgan fingerprint density at radius 1 is 1.32 bits per heavy atom. The lowest BCUT2D eigenvalue weighted by atomic mass is 10.0. The zero-order valence-corrected chi connectivity index (χ0v) is 15.4. The summed E-state index contributed by atoms with van der Waals surface area (Å²) in [5, 5.41) is 11.8. The monoisotopic (exact) mass is 353 g/mol. The van der Waals surface area contributed by atoms with Crippen molar-refractivity contribution in [2.75, 3.05) is 13.1 Å². The molecule has 0 radical (unpaired) electrons. The van der Waals surface area contributed by atoms with Crippen molar-refractivity contribution < 1.29 is 4.74 Å². The number of morpholine rings is 1. The molecule has 130 valence electrons. The van der Waals surface area contributed by atoms with Crippen molar-refractivity contribution in [3.8, 4) is 11.3 Å². The highest BCUT2D eigenvalue weighted by atomic mass is 32.1. The summed E-state index contributed by atoms with van der Waals surface area (Å²) < 4.78 is 6.15. The lowest BCUT2D eigenvalue weighted by Crippen LogP contribution is -2.42. The number of nitrogens with one attached hydrogen (secondary N) is 1. The third-order valence-electron chi connectivity index (χ3n) is 4.67. The molecule has 1 fully saturated rings. The quantitative estimate of drug-likeness (QED) is 0.755. The molecule has 0 bridgehead atoms. The zero-order chi connectivity index (χ0) is 17.2. The summed E-state index contributed by atoms with van der Waals surface area (Å²) in [5.74, 6) is 0. The second-order valence-electron chi connectivity index (χ2n) is 6.83. The standard InChI is InChI=1S/C20H23N3OS/c1-14-4-3-5-16(8-14)20-18(9-21-22-20)11-23-10-15(2)24-19(12-23)17-6-7-25-13-17/h3-9,13,15,19H,10-12H2,1-2H3,(H,21,22). The summed E-state index contributed by atoms with van der Waals surface area (Å²) in [5.41, 5.74) is 6.10. The maximum atomic E-state index is 6.15. The van der Waals surface area contributed by atoms with E-state index in [2.05, 4.69) is 70.0 Å². The van der Waals surface area contributed by atoms with Crippen LogP contribution in [0.2, 0.25) is 0 Å². The minimum atomic E-state index is 0.157. The fourth-order valence-corrected chi connectivity index (χ4v) is 4.23. The number of H-pyrrole nitrogens is 1. The first-order valence-electron chi connectivity index (χ1n) is 8.68. The highest BCUT2D eigenvalue weighted by Crippen LogP contribution is 2.29. The Morgan fingerprint density at radius 3 is 3.04 bits per heavy atom. The number of aryl methyl sites for hydroxylation is 1. The Morgan fingerprint density at radius 2 is 2.24 bits per heavy atom. The second kappa shape index (κ2) is 7.12. The normalized spacial score (nSPS) is 21.5. The molecule has 4 rings (SSSR count). The number of thiophene rings is 1. The van der Waals surface area contributed by atoms with Crippen LogP contribution in [0.5, 0.6) is 0 Å². The lowest BCUT2D eigenvalue weighted by molar-refractivity contribution is -0.0812. The van der Waals surface area contributed by atoms with Crippen LogP contribution in [0.25, 0.3) is 11.3 Å². The summed E-state index contributed by atoms with van der Waals surface area (Å²) in [6.45, 7) is 7.02. The van der Waals surface area contributed by atoms with Gasteiger partial charge in [0.2, 0.25) is 0 Å². The fraction of sp³-hybridized carbons (Fsp3) is 0.350. The highest BCUT2D eigenvalue weighted by Gasteiger charge is 2.27. The first-order valence-corrected chi connectivity index (χ1v) is 9.62. The maximum absolute atomic E-state index is 6.15. The van der Waals surface area contributed by atoms with Crippen LogP contribution in [0, 0.1) is 6.92 Å². The highest BCUT2D eigenvalue weighted by molar-refractivity contribution is 7.07. The van der Waals surface area contributed by atoms with E-state index in [-0.39, 0.29) is 12.2 Å². The predicted molar refractivity (Wildman–Crippen MR) is 102 cm³/mol. The van der Waals surface area contributed by atoms with E-state index in [1.54, 1.807) is 11.3 Å². The van der Waals surface area contributed by atoms with Crippen LogP contribution in [-0.2, 0) is 11.3 Å². The van der Waals surface area contributed by atoms with E-state index in [1.807, 2.05) is 6.20 Å². The molecular formula is C20H23N3OS. The molecule has 2 atom stereocenters. The van der Waals surface area contributed by atoms with Crippen molar-refractivity contribution in [1.29, 1.82) is 0 Å². The van der Waals surface area contributed by atoms with Gasteiger partial charge in [-0.05, 0) is 42.3 Å². The Balaban J connectivity index is 1.53. The minimum Gasteiger partial charge on any atom is -0.368 e. The molecule has 3 aromatic rings. The van der Waals surface area contributed by atoms with Crippen LogP contribution in [0.4, 0.5) is 0 Å². The molecule has 4 nitrogen and oxygen atoms in total. The fourth-order valence-electron chi connectivity index (χ4n) is 3.53. The van der Waals surface area contributed by atoms with Crippen LogP contribution in [0.3, 0.4) is 0 Å². The molecule has 0 aliphatic carbocycles. The van der Waals surface area contributed by atoms with Crippen LogP contribution in [-0.4, -0.2) is 34.3 Å². The Kier molecular flexibility index (Phi) is 4.70. The molecular weight excluding hydrogens is 330 g/mol. The van der Waals surface area contributed by atoms with E-state index in [1.165, 1.54) is 22.3 Å². The average Bonchev–Trinajstić information content (AvgIpc) is 3.26. The molecule has 0 amide bonds. The van der Waals surface area contributed by atoms with Gasteiger partial charge in [-0.2, -0.15) is 16.4 Å². The third-order valence-corrected chi connectivity index (χ3v) is 5.37. The van der Waals surface area contributed by atoms with E-state index in [9.17, 15) is 0 Å². The summed E-state index contributed by atoms with van der Waals surface area (Å²) in [7, 11) is 0. The lowest BCUT2D eigenvalue weighted by Gasteiger charge is -2.36. The summed E-state index contributed by atoms with van der Waals surface area (Å²) in [6.07, 6.45) is 2.34. The molecule has 0 spiro atoms. The van der Waals surface area contributed by atoms with Crippen LogP contribution in [0.15, 0.2) is 47.3 Å². The van der Waals surface area contributed by atoms with Crippen LogP contribution in [0.1, 0.15) is 29.7 Å². The smallest absolute Gasteiger partial charge is 0.0964 e. The number of hydrogen-bond donors (Lipinski definition) is 1. The average molecular weight is 353 g/mol. The first-order chi connectivity index (χ1) is 12.2. The summed E-state index contributed by atoms with van der Waals surface area (Å²) in [6, 6.07) is 10.7. The van der Waals surface area contributed by atoms with Crippen molar-refractivity contribution >= 4 is 11.3 Å². The minimum absolute atomic E-state index is 0.157. The molecule has 25 heavy (non-hydrogen) atoms. The second-order valence-corrected chi connectivity index (χ2v) is 7.61. The van der Waals surface area contributed by atoms with Gasteiger partial charge in [-0.3, -0.25) is 10.00 Å². The Bertz CT molecular complexity index is 827.